The highest BCUT2D eigenvalue weighted by Crippen LogP contribution is 2.40. The van der Waals surface area contributed by atoms with Crippen molar-refractivity contribution in [3.63, 3.8) is 0 Å². The fourth-order valence-electron chi connectivity index (χ4n) is 2.65. The maximum absolute atomic E-state index is 6.36. The molecule has 0 saturated heterocycles. The van der Waals surface area contributed by atoms with E-state index < -0.39 is 0 Å². The first-order valence-electron chi connectivity index (χ1n) is 7.00. The Hall–Kier alpha value is -1.92. The second kappa shape index (κ2) is 4.82. The van der Waals surface area contributed by atoms with Gasteiger partial charge in [0.15, 0.2) is 0 Å². The maximum Gasteiger partial charge on any atom is 0.132 e. The lowest BCUT2D eigenvalue weighted by Gasteiger charge is -2.08. The first-order chi connectivity index (χ1) is 10.3. The molecule has 4 rings (SSSR count). The third-order valence-electron chi connectivity index (χ3n) is 3.74. The van der Waals surface area contributed by atoms with Gasteiger partial charge in [0.05, 0.1) is 27.9 Å². The van der Waals surface area contributed by atoms with E-state index >= 15 is 0 Å². The predicted octanol–water partition coefficient (Wildman–Crippen LogP) is 2.12. The molecule has 2 N–H and O–H groups in total. The molecule has 2 heterocycles. The Kier molecular flexibility index (Phi) is 2.94. The summed E-state index contributed by atoms with van der Waals surface area (Å²) in [4.78, 5) is 4.72. The van der Waals surface area contributed by atoms with Gasteiger partial charge in [0.1, 0.15) is 12.4 Å². The minimum absolute atomic E-state index is 0.394. The average molecular weight is 303 g/mol. The average Bonchev–Trinajstić information content (AvgIpc) is 3.09. The highest BCUT2D eigenvalue weighted by atomic mass is 35.5. The van der Waals surface area contributed by atoms with Gasteiger partial charge in [0.25, 0.3) is 0 Å². The molecule has 1 aromatic carbocycles. The van der Waals surface area contributed by atoms with Gasteiger partial charge in [-0.05, 0) is 25.0 Å². The Morgan fingerprint density at radius 2 is 2.19 bits per heavy atom. The third-order valence-corrected chi connectivity index (χ3v) is 4.05. The van der Waals surface area contributed by atoms with Crippen LogP contribution in [0.25, 0.3) is 11.0 Å². The van der Waals surface area contributed by atoms with Crippen molar-refractivity contribution in [1.82, 2.24) is 24.5 Å². The van der Waals surface area contributed by atoms with Gasteiger partial charge in [0.2, 0.25) is 0 Å². The molecule has 0 amide bonds. The van der Waals surface area contributed by atoms with E-state index in [2.05, 4.69) is 14.9 Å². The largest absolute Gasteiger partial charge is 0.325 e. The summed E-state index contributed by atoms with van der Waals surface area (Å²) >= 11 is 6.36. The van der Waals surface area contributed by atoms with Crippen molar-refractivity contribution >= 4 is 22.6 Å². The van der Waals surface area contributed by atoms with Crippen LogP contribution in [0.3, 0.4) is 0 Å². The summed E-state index contributed by atoms with van der Waals surface area (Å²) in [5.41, 5.74) is 8.31. The van der Waals surface area contributed by atoms with Gasteiger partial charge in [-0.3, -0.25) is 0 Å². The van der Waals surface area contributed by atoms with Gasteiger partial charge < -0.3 is 10.3 Å². The number of fused-ring (bicyclic) bond motifs is 1. The van der Waals surface area contributed by atoms with Crippen LogP contribution in [0.2, 0.25) is 5.02 Å². The van der Waals surface area contributed by atoms with Gasteiger partial charge in [-0.1, -0.05) is 22.9 Å². The highest BCUT2D eigenvalue weighted by molar-refractivity contribution is 6.35. The fourth-order valence-corrected chi connectivity index (χ4v) is 2.91. The van der Waals surface area contributed by atoms with Crippen molar-refractivity contribution in [2.45, 2.75) is 32.0 Å². The van der Waals surface area contributed by atoms with E-state index in [1.807, 2.05) is 24.4 Å². The van der Waals surface area contributed by atoms with Gasteiger partial charge in [-0.25, -0.2) is 9.67 Å². The number of nitrogens with zero attached hydrogens (tertiary/aromatic N) is 5. The van der Waals surface area contributed by atoms with Crippen LogP contribution in [-0.2, 0) is 13.1 Å². The number of imidazole rings is 1. The van der Waals surface area contributed by atoms with Crippen molar-refractivity contribution in [2.24, 2.45) is 5.73 Å². The molecule has 1 aliphatic rings. The number of para-hydroxylation sites is 1. The Balaban J connectivity index is 1.80. The topological polar surface area (TPSA) is 74.6 Å². The molecule has 0 bridgehead atoms. The quantitative estimate of drug-likeness (QED) is 0.801. The number of rotatable bonds is 4. The van der Waals surface area contributed by atoms with E-state index in [1.165, 1.54) is 12.8 Å². The lowest BCUT2D eigenvalue weighted by atomic mass is 10.3. The van der Waals surface area contributed by atoms with Crippen LogP contribution < -0.4 is 5.73 Å². The summed E-state index contributed by atoms with van der Waals surface area (Å²) < 4.78 is 4.03. The Morgan fingerprint density at radius 3 is 2.90 bits per heavy atom. The van der Waals surface area contributed by atoms with E-state index in [4.69, 9.17) is 22.3 Å². The molecular formula is C14H15ClN6. The highest BCUT2D eigenvalue weighted by Gasteiger charge is 2.29. The lowest BCUT2D eigenvalue weighted by Crippen LogP contribution is -2.08. The second-order valence-corrected chi connectivity index (χ2v) is 5.76. The molecule has 0 spiro atoms. The van der Waals surface area contributed by atoms with Gasteiger partial charge in [-0.2, -0.15) is 0 Å². The smallest absolute Gasteiger partial charge is 0.132 e. The zero-order valence-electron chi connectivity index (χ0n) is 11.4. The van der Waals surface area contributed by atoms with Crippen LogP contribution in [0.4, 0.5) is 0 Å². The number of halogens is 1. The van der Waals surface area contributed by atoms with Gasteiger partial charge >= 0.3 is 0 Å². The normalized spacial score (nSPS) is 15.0. The lowest BCUT2D eigenvalue weighted by molar-refractivity contribution is 0.589. The second-order valence-electron chi connectivity index (χ2n) is 5.35. The van der Waals surface area contributed by atoms with E-state index in [9.17, 15) is 0 Å². The van der Waals surface area contributed by atoms with Crippen LogP contribution in [0.15, 0.2) is 24.4 Å². The molecule has 108 valence electrons. The van der Waals surface area contributed by atoms with E-state index in [0.717, 1.165) is 27.6 Å². The Morgan fingerprint density at radius 1 is 1.33 bits per heavy atom. The minimum Gasteiger partial charge on any atom is -0.325 e. The molecule has 0 atom stereocenters. The molecule has 1 aliphatic carbocycles. The third kappa shape index (κ3) is 2.20. The van der Waals surface area contributed by atoms with Gasteiger partial charge in [-0.15, -0.1) is 5.10 Å². The summed E-state index contributed by atoms with van der Waals surface area (Å²) in [7, 11) is 0. The van der Waals surface area contributed by atoms with E-state index in [-0.39, 0.29) is 0 Å². The molecule has 0 unspecified atom stereocenters. The van der Waals surface area contributed by atoms with Crippen LogP contribution in [0.1, 0.15) is 30.4 Å². The van der Waals surface area contributed by atoms with Crippen molar-refractivity contribution in [3.05, 3.63) is 40.9 Å². The van der Waals surface area contributed by atoms with Crippen molar-refractivity contribution < 1.29 is 0 Å². The molecular weight excluding hydrogens is 288 g/mol. The zero-order chi connectivity index (χ0) is 14.4. The van der Waals surface area contributed by atoms with E-state index in [0.29, 0.717) is 19.1 Å². The molecule has 1 fully saturated rings. The molecule has 6 nitrogen and oxygen atoms in total. The first kappa shape index (κ1) is 12.8. The molecule has 3 aromatic rings. The molecule has 2 aromatic heterocycles. The van der Waals surface area contributed by atoms with Gasteiger partial charge in [0, 0.05) is 12.6 Å². The van der Waals surface area contributed by atoms with Crippen LogP contribution in [-0.4, -0.2) is 24.5 Å². The van der Waals surface area contributed by atoms with Crippen molar-refractivity contribution in [3.8, 4) is 0 Å². The van der Waals surface area contributed by atoms with Crippen molar-refractivity contribution in [1.29, 1.82) is 0 Å². The summed E-state index contributed by atoms with van der Waals surface area (Å²) in [5, 5.41) is 8.86. The minimum atomic E-state index is 0.394. The first-order valence-corrected chi connectivity index (χ1v) is 7.38. The molecule has 1 saturated carbocycles. The van der Waals surface area contributed by atoms with Crippen LogP contribution >= 0.6 is 11.6 Å². The molecule has 0 radical (unpaired) electrons. The zero-order valence-corrected chi connectivity index (χ0v) is 12.2. The number of hydrogen-bond donors (Lipinski definition) is 1. The summed E-state index contributed by atoms with van der Waals surface area (Å²) in [6.45, 7) is 0.972. The Bertz CT molecular complexity index is 801. The number of aromatic nitrogens is 5. The number of nitrogens with two attached hydrogens (primary N) is 1. The van der Waals surface area contributed by atoms with E-state index in [1.54, 1.807) is 4.68 Å². The molecule has 0 aliphatic heterocycles. The summed E-state index contributed by atoms with van der Waals surface area (Å²) in [6.07, 6.45) is 4.21. The monoisotopic (exact) mass is 302 g/mol. The number of benzene rings is 1. The SMILES string of the molecule is NCc1cn(Cc2nc3cccc(Cl)c3n2C2CC2)nn1. The number of hydrogen-bond acceptors (Lipinski definition) is 4. The van der Waals surface area contributed by atoms with Crippen LogP contribution in [0, 0.1) is 0 Å². The predicted molar refractivity (Wildman–Crippen MR) is 80.0 cm³/mol. The maximum atomic E-state index is 6.36. The Labute approximate surface area is 126 Å². The summed E-state index contributed by atoms with van der Waals surface area (Å²) in [6, 6.07) is 6.34. The summed E-state index contributed by atoms with van der Waals surface area (Å²) in [5.74, 6) is 0.967. The van der Waals surface area contributed by atoms with Crippen LogP contribution in [0.5, 0.6) is 0 Å². The standard InChI is InChI=1S/C14H15ClN6/c15-11-2-1-3-12-14(11)21(10-4-5-10)13(17-12)8-20-7-9(6-16)18-19-20/h1-3,7,10H,4-6,8,16H2. The van der Waals surface area contributed by atoms with Crippen molar-refractivity contribution in [2.75, 3.05) is 0 Å². The molecule has 7 heteroatoms. The fraction of sp³-hybridized carbons (Fsp3) is 0.357. The molecule has 21 heavy (non-hydrogen) atoms.